The van der Waals surface area contributed by atoms with Crippen molar-refractivity contribution in [1.82, 2.24) is 4.90 Å². The molecule has 1 aliphatic heterocycles. The molecule has 2 aliphatic rings. The molecule has 0 aromatic heterocycles. The van der Waals surface area contributed by atoms with Crippen LogP contribution in [0.3, 0.4) is 0 Å². The zero-order valence-electron chi connectivity index (χ0n) is 26.8. The van der Waals surface area contributed by atoms with Crippen molar-refractivity contribution in [3.8, 4) is 0 Å². The fourth-order valence-corrected chi connectivity index (χ4v) is 30.0. The van der Waals surface area contributed by atoms with E-state index in [-0.39, 0.29) is 0 Å². The summed E-state index contributed by atoms with van der Waals surface area (Å²) in [5, 5.41) is 0. The number of hydrogen-bond donors (Lipinski definition) is 0. The molecule has 2 aromatic carbocycles. The van der Waals surface area contributed by atoms with Gasteiger partial charge in [-0.05, 0) is 0 Å². The molecule has 4 rings (SSSR count). The number of rotatable bonds is 14. The molecule has 1 nitrogen and oxygen atoms in total. The molecule has 0 bridgehead atoms. The Morgan fingerprint density at radius 3 is 1.73 bits per heavy atom. The molecule has 0 N–H and O–H groups in total. The first-order valence-electron chi connectivity index (χ1n) is 16.9. The third-order valence-electron chi connectivity index (χ3n) is 10.1. The Bertz CT molecular complexity index is 982. The van der Waals surface area contributed by atoms with Gasteiger partial charge in [0.2, 0.25) is 0 Å². The molecule has 1 aliphatic carbocycles. The van der Waals surface area contributed by atoms with Gasteiger partial charge in [0.25, 0.3) is 0 Å². The molecule has 0 radical (unpaired) electrons. The Hall–Kier alpha value is -0.844. The Kier molecular flexibility index (Phi) is 12.1. The van der Waals surface area contributed by atoms with Crippen LogP contribution in [0.5, 0.6) is 0 Å². The van der Waals surface area contributed by atoms with E-state index in [2.05, 4.69) is 112 Å². The maximum absolute atomic E-state index is 3.00. The van der Waals surface area contributed by atoms with Crippen molar-refractivity contribution in [3.05, 3.63) is 83.1 Å². The van der Waals surface area contributed by atoms with Gasteiger partial charge in [-0.2, -0.15) is 0 Å². The van der Waals surface area contributed by atoms with E-state index in [0.717, 1.165) is 9.85 Å². The first kappa shape index (κ1) is 32.1. The summed E-state index contributed by atoms with van der Waals surface area (Å²) in [6.07, 6.45) is 13.0. The van der Waals surface area contributed by atoms with Crippen molar-refractivity contribution in [2.45, 2.75) is 128 Å². The second-order valence-electron chi connectivity index (χ2n) is 14.3. The van der Waals surface area contributed by atoms with Crippen LogP contribution in [0.2, 0.25) is 36.9 Å². The fourth-order valence-electron chi connectivity index (χ4n) is 8.52. The van der Waals surface area contributed by atoms with Gasteiger partial charge in [-0.1, -0.05) is 0 Å². The van der Waals surface area contributed by atoms with Gasteiger partial charge in [0, 0.05) is 0 Å². The standard InChI is InChI=1S/C25H32NSi.3C4H9.Sn/c1-27(2,3)19-22-18-26(24-17-11-10-16-23(22)24)25(20-12-6-4-7-13-20)21-14-8-5-9-15-21;3*1-3-4-2;/h4-9,12-16,19,23-25H,10-11,17-18H2,1-3H3;3*1,3-4H2,2H3;/b22-19+;;;;/t23-,24-;;;;/m0..../s1. The Labute approximate surface area is 253 Å². The van der Waals surface area contributed by atoms with E-state index in [4.69, 9.17) is 0 Å². The summed E-state index contributed by atoms with van der Waals surface area (Å²) in [5.41, 5.74) is 7.70. The third-order valence-corrected chi connectivity index (χ3v) is 29.3. The van der Waals surface area contributed by atoms with E-state index in [1.54, 1.807) is 13.3 Å². The quantitative estimate of drug-likeness (QED) is 0.182. The second kappa shape index (κ2) is 15.1. The number of nitrogens with zero attached hydrogens (tertiary/aromatic N) is 1. The first-order valence-corrected chi connectivity index (χ1v) is 28.2. The summed E-state index contributed by atoms with van der Waals surface area (Å²) < 4.78 is 6.00. The van der Waals surface area contributed by atoms with E-state index >= 15 is 0 Å². The second-order valence-corrected chi connectivity index (χ2v) is 33.5. The molecule has 2 aromatic rings. The Morgan fingerprint density at radius 1 is 0.775 bits per heavy atom. The molecular formula is C37H59NSiSn. The van der Waals surface area contributed by atoms with Crippen LogP contribution in [0, 0.1) is 5.92 Å². The molecular weight excluding hydrogens is 605 g/mol. The minimum atomic E-state index is -2.43. The molecule has 1 heterocycles. The molecule has 3 heteroatoms. The van der Waals surface area contributed by atoms with Crippen molar-refractivity contribution in [2.75, 3.05) is 6.54 Å². The summed E-state index contributed by atoms with van der Waals surface area (Å²) in [6, 6.07) is 24.0. The Balaban J connectivity index is 1.83. The van der Waals surface area contributed by atoms with E-state index in [1.165, 1.54) is 75.5 Å². The average Bonchev–Trinajstić information content (AvgIpc) is 3.30. The van der Waals surface area contributed by atoms with Crippen LogP contribution in [0.25, 0.3) is 0 Å². The van der Waals surface area contributed by atoms with Crippen LogP contribution in [-0.4, -0.2) is 43.9 Å². The van der Waals surface area contributed by atoms with E-state index in [0.29, 0.717) is 12.1 Å². The molecule has 40 heavy (non-hydrogen) atoms. The van der Waals surface area contributed by atoms with Crippen LogP contribution in [0.15, 0.2) is 71.9 Å². The number of benzene rings is 2. The summed E-state index contributed by atoms with van der Waals surface area (Å²) in [6.45, 7) is 16.2. The van der Waals surface area contributed by atoms with Crippen LogP contribution < -0.4 is 0 Å². The van der Waals surface area contributed by atoms with Crippen molar-refractivity contribution < 1.29 is 0 Å². The summed E-state index contributed by atoms with van der Waals surface area (Å²) in [4.78, 5) is 3.00. The van der Waals surface area contributed by atoms with Gasteiger partial charge in [0.15, 0.2) is 0 Å². The maximum atomic E-state index is 3.00. The number of unbranched alkanes of at least 4 members (excludes halogenated alkanes) is 3. The molecule has 0 unspecified atom stereocenters. The van der Waals surface area contributed by atoms with Gasteiger partial charge in [-0.25, -0.2) is 0 Å². The molecule has 0 spiro atoms. The van der Waals surface area contributed by atoms with Gasteiger partial charge < -0.3 is 0 Å². The molecule has 0 amide bonds. The van der Waals surface area contributed by atoms with Gasteiger partial charge in [-0.15, -0.1) is 0 Å². The first-order chi connectivity index (χ1) is 19.3. The number of likely N-dealkylation sites (tertiary alicyclic amines) is 1. The van der Waals surface area contributed by atoms with Crippen molar-refractivity contribution in [2.24, 2.45) is 5.92 Å². The number of hydrogen-bond acceptors (Lipinski definition) is 1. The normalized spacial score (nSPS) is 23.2. The van der Waals surface area contributed by atoms with E-state index in [9.17, 15) is 0 Å². The monoisotopic (exact) mass is 665 g/mol. The van der Waals surface area contributed by atoms with Crippen molar-refractivity contribution in [1.29, 1.82) is 0 Å². The minimum absolute atomic E-state index is 0.354. The molecule has 2 fully saturated rings. The zero-order valence-corrected chi connectivity index (χ0v) is 30.7. The van der Waals surface area contributed by atoms with E-state index in [1.807, 2.05) is 5.57 Å². The van der Waals surface area contributed by atoms with Gasteiger partial charge in [0.1, 0.15) is 0 Å². The van der Waals surface area contributed by atoms with Gasteiger partial charge in [0.05, 0.1) is 0 Å². The van der Waals surface area contributed by atoms with E-state index < -0.39 is 26.5 Å². The van der Waals surface area contributed by atoms with Gasteiger partial charge >= 0.3 is 254 Å². The summed E-state index contributed by atoms with van der Waals surface area (Å²) >= 11 is -2.43. The summed E-state index contributed by atoms with van der Waals surface area (Å²) in [7, 11) is -1.35. The van der Waals surface area contributed by atoms with Crippen molar-refractivity contribution >= 4 is 26.5 Å². The van der Waals surface area contributed by atoms with Crippen molar-refractivity contribution in [3.63, 3.8) is 0 Å². The van der Waals surface area contributed by atoms with Crippen LogP contribution in [-0.2, 0) is 0 Å². The van der Waals surface area contributed by atoms with Crippen LogP contribution in [0.4, 0.5) is 0 Å². The van der Waals surface area contributed by atoms with Gasteiger partial charge in [-0.3, -0.25) is 0 Å². The predicted octanol–water partition coefficient (Wildman–Crippen LogP) is 11.3. The topological polar surface area (TPSA) is 3.24 Å². The van der Waals surface area contributed by atoms with Crippen LogP contribution in [0.1, 0.15) is 95.7 Å². The number of fused-ring (bicyclic) bond motifs is 1. The summed E-state index contributed by atoms with van der Waals surface area (Å²) in [5.74, 6) is 0.816. The molecule has 3 atom stereocenters. The molecule has 1 saturated heterocycles. The van der Waals surface area contributed by atoms with Crippen LogP contribution >= 0.6 is 0 Å². The molecule has 1 saturated carbocycles. The molecule has 220 valence electrons. The third kappa shape index (κ3) is 7.75. The zero-order chi connectivity index (χ0) is 28.6. The predicted molar refractivity (Wildman–Crippen MR) is 183 cm³/mol. The average molecular weight is 665 g/mol. The fraction of sp³-hybridized carbons (Fsp3) is 0.622. The Morgan fingerprint density at radius 2 is 1.27 bits per heavy atom. The SMILES string of the molecule is CCC[CH2][Sn]([CH2]CCC)([CH2]CCC)[C@@H]1CCC[C@H]2[C@@H]1/C(=C/[Si](C)(C)C)CN2C(c1ccccc1)c1ccccc1.